The van der Waals surface area contributed by atoms with Crippen molar-refractivity contribution in [2.75, 3.05) is 20.7 Å². The second-order valence-corrected chi connectivity index (χ2v) is 5.15. The standard InChI is InChI=1S/C12H17BrFNO/c1-8(7-16)12(15(2)3)10-6-9(13)4-5-11(10)14/h4-6,8,12,16H,7H2,1-3H3. The highest BCUT2D eigenvalue weighted by Crippen LogP contribution is 2.30. The quantitative estimate of drug-likeness (QED) is 0.921. The highest BCUT2D eigenvalue weighted by Gasteiger charge is 2.23. The van der Waals surface area contributed by atoms with E-state index in [2.05, 4.69) is 15.9 Å². The van der Waals surface area contributed by atoms with Gasteiger partial charge < -0.3 is 10.0 Å². The normalized spacial score (nSPS) is 15.2. The average molecular weight is 290 g/mol. The van der Waals surface area contributed by atoms with Crippen molar-refractivity contribution >= 4 is 15.9 Å². The first-order valence-corrected chi connectivity index (χ1v) is 5.99. The van der Waals surface area contributed by atoms with Crippen molar-refractivity contribution in [2.45, 2.75) is 13.0 Å². The second kappa shape index (κ2) is 5.75. The van der Waals surface area contributed by atoms with Crippen LogP contribution in [-0.4, -0.2) is 30.7 Å². The van der Waals surface area contributed by atoms with Gasteiger partial charge >= 0.3 is 0 Å². The maximum atomic E-state index is 13.7. The lowest BCUT2D eigenvalue weighted by Gasteiger charge is -2.29. The van der Waals surface area contributed by atoms with E-state index in [1.54, 1.807) is 12.1 Å². The van der Waals surface area contributed by atoms with E-state index in [1.807, 2.05) is 25.9 Å². The van der Waals surface area contributed by atoms with Crippen LogP contribution < -0.4 is 0 Å². The first-order valence-electron chi connectivity index (χ1n) is 5.19. The zero-order chi connectivity index (χ0) is 12.3. The van der Waals surface area contributed by atoms with E-state index in [4.69, 9.17) is 0 Å². The Morgan fingerprint density at radius 3 is 2.56 bits per heavy atom. The molecule has 0 aliphatic carbocycles. The minimum absolute atomic E-state index is 0.0150. The molecule has 0 aliphatic heterocycles. The topological polar surface area (TPSA) is 23.5 Å². The molecule has 0 saturated carbocycles. The molecule has 4 heteroatoms. The number of halogens is 2. The monoisotopic (exact) mass is 289 g/mol. The van der Waals surface area contributed by atoms with Gasteiger partial charge in [0.2, 0.25) is 0 Å². The van der Waals surface area contributed by atoms with Crippen LogP contribution in [0.2, 0.25) is 0 Å². The van der Waals surface area contributed by atoms with Crippen molar-refractivity contribution < 1.29 is 9.50 Å². The van der Waals surface area contributed by atoms with Crippen LogP contribution in [0.25, 0.3) is 0 Å². The smallest absolute Gasteiger partial charge is 0.128 e. The third-order valence-electron chi connectivity index (χ3n) is 2.66. The lowest BCUT2D eigenvalue weighted by molar-refractivity contribution is 0.143. The first kappa shape index (κ1) is 13.6. The fourth-order valence-corrected chi connectivity index (χ4v) is 2.31. The van der Waals surface area contributed by atoms with Crippen LogP contribution in [0.1, 0.15) is 18.5 Å². The number of hydrogen-bond donors (Lipinski definition) is 1. The summed E-state index contributed by atoms with van der Waals surface area (Å²) >= 11 is 3.34. The predicted octanol–water partition coefficient (Wildman–Crippen LogP) is 2.82. The molecule has 2 nitrogen and oxygen atoms in total. The van der Waals surface area contributed by atoms with Crippen molar-refractivity contribution in [1.29, 1.82) is 0 Å². The molecule has 1 aromatic carbocycles. The fraction of sp³-hybridized carbons (Fsp3) is 0.500. The van der Waals surface area contributed by atoms with Gasteiger partial charge in [-0.2, -0.15) is 0 Å². The second-order valence-electron chi connectivity index (χ2n) is 4.23. The summed E-state index contributed by atoms with van der Waals surface area (Å²) in [6.07, 6.45) is 0. The van der Waals surface area contributed by atoms with Crippen LogP contribution in [0.5, 0.6) is 0 Å². The number of nitrogens with zero attached hydrogens (tertiary/aromatic N) is 1. The lowest BCUT2D eigenvalue weighted by Crippen LogP contribution is -2.28. The van der Waals surface area contributed by atoms with Crippen LogP contribution in [-0.2, 0) is 0 Å². The van der Waals surface area contributed by atoms with Crippen molar-refractivity contribution in [1.82, 2.24) is 4.90 Å². The molecule has 0 fully saturated rings. The van der Waals surface area contributed by atoms with Gasteiger partial charge in [-0.1, -0.05) is 22.9 Å². The van der Waals surface area contributed by atoms with Crippen LogP contribution in [0.4, 0.5) is 4.39 Å². The minimum Gasteiger partial charge on any atom is -0.396 e. The summed E-state index contributed by atoms with van der Waals surface area (Å²) in [4.78, 5) is 1.92. The van der Waals surface area contributed by atoms with Crippen molar-refractivity contribution in [2.24, 2.45) is 5.92 Å². The fourth-order valence-electron chi connectivity index (χ4n) is 1.93. The maximum Gasteiger partial charge on any atom is 0.128 e. The number of benzene rings is 1. The molecular weight excluding hydrogens is 273 g/mol. The van der Waals surface area contributed by atoms with E-state index in [9.17, 15) is 9.50 Å². The molecule has 0 radical (unpaired) electrons. The van der Waals surface area contributed by atoms with Crippen LogP contribution in [0.3, 0.4) is 0 Å². The Hall–Kier alpha value is -0.450. The van der Waals surface area contributed by atoms with Gasteiger partial charge in [0, 0.05) is 22.7 Å². The van der Waals surface area contributed by atoms with Crippen LogP contribution in [0, 0.1) is 11.7 Å². The lowest BCUT2D eigenvalue weighted by atomic mass is 9.94. The summed E-state index contributed by atoms with van der Waals surface area (Å²) in [6.45, 7) is 1.94. The van der Waals surface area contributed by atoms with Gasteiger partial charge in [0.25, 0.3) is 0 Å². The summed E-state index contributed by atoms with van der Waals surface area (Å²) < 4.78 is 14.6. The Morgan fingerprint density at radius 1 is 1.44 bits per heavy atom. The van der Waals surface area contributed by atoms with Gasteiger partial charge in [-0.15, -0.1) is 0 Å². The maximum absolute atomic E-state index is 13.7. The highest BCUT2D eigenvalue weighted by atomic mass is 79.9. The Morgan fingerprint density at radius 2 is 2.06 bits per heavy atom. The van der Waals surface area contributed by atoms with Crippen molar-refractivity contribution in [3.8, 4) is 0 Å². The SMILES string of the molecule is CC(CO)C(c1cc(Br)ccc1F)N(C)C. The average Bonchev–Trinajstić information content (AvgIpc) is 2.22. The van der Waals surface area contributed by atoms with Gasteiger partial charge in [0.1, 0.15) is 5.82 Å². The number of hydrogen-bond acceptors (Lipinski definition) is 2. The number of aliphatic hydroxyl groups is 1. The van der Waals surface area contributed by atoms with Crippen molar-refractivity contribution in [3.05, 3.63) is 34.1 Å². The zero-order valence-corrected chi connectivity index (χ0v) is 11.3. The van der Waals surface area contributed by atoms with E-state index in [1.165, 1.54) is 6.07 Å². The van der Waals surface area contributed by atoms with Crippen LogP contribution >= 0.6 is 15.9 Å². The largest absolute Gasteiger partial charge is 0.396 e. The van der Waals surface area contributed by atoms with Crippen molar-refractivity contribution in [3.63, 3.8) is 0 Å². The molecule has 90 valence electrons. The van der Waals surface area contributed by atoms with Gasteiger partial charge in [0.05, 0.1) is 0 Å². The molecule has 0 saturated heterocycles. The third kappa shape index (κ3) is 3.03. The molecule has 0 aliphatic rings. The molecule has 1 aromatic rings. The van der Waals surface area contributed by atoms with E-state index in [0.29, 0.717) is 5.56 Å². The van der Waals surface area contributed by atoms with Gasteiger partial charge in [-0.25, -0.2) is 4.39 Å². The Labute approximate surface area is 104 Å². The van der Waals surface area contributed by atoms with Crippen LogP contribution in [0.15, 0.2) is 22.7 Å². The molecule has 16 heavy (non-hydrogen) atoms. The third-order valence-corrected chi connectivity index (χ3v) is 3.15. The molecular formula is C12H17BrFNO. The molecule has 0 bridgehead atoms. The zero-order valence-electron chi connectivity index (χ0n) is 9.74. The van der Waals surface area contributed by atoms with Gasteiger partial charge in [-0.05, 0) is 38.2 Å². The van der Waals surface area contributed by atoms with E-state index in [0.717, 1.165) is 4.47 Å². The molecule has 1 rings (SSSR count). The highest BCUT2D eigenvalue weighted by molar-refractivity contribution is 9.10. The molecule has 0 amide bonds. The molecule has 2 atom stereocenters. The van der Waals surface area contributed by atoms with Gasteiger partial charge in [-0.3, -0.25) is 0 Å². The Kier molecular flexibility index (Phi) is 4.89. The predicted molar refractivity (Wildman–Crippen MR) is 66.8 cm³/mol. The molecule has 0 spiro atoms. The van der Waals surface area contributed by atoms with E-state index in [-0.39, 0.29) is 24.4 Å². The van der Waals surface area contributed by atoms with E-state index >= 15 is 0 Å². The molecule has 0 aromatic heterocycles. The van der Waals surface area contributed by atoms with E-state index < -0.39 is 0 Å². The molecule has 1 N–H and O–H groups in total. The van der Waals surface area contributed by atoms with Gasteiger partial charge in [0.15, 0.2) is 0 Å². The first-order chi connectivity index (χ1) is 7.47. The molecule has 2 unspecified atom stereocenters. The summed E-state index contributed by atoms with van der Waals surface area (Å²) in [7, 11) is 3.77. The number of aliphatic hydroxyl groups excluding tert-OH is 1. The molecule has 0 heterocycles. The summed E-state index contributed by atoms with van der Waals surface area (Å²) in [5.41, 5.74) is 0.612. The minimum atomic E-state index is -0.234. The number of rotatable bonds is 4. The summed E-state index contributed by atoms with van der Waals surface area (Å²) in [6, 6.07) is 4.77. The summed E-state index contributed by atoms with van der Waals surface area (Å²) in [5, 5.41) is 9.21. The summed E-state index contributed by atoms with van der Waals surface area (Å²) in [5.74, 6) is -0.249. The Bertz CT molecular complexity index is 357. The Balaban J connectivity index is 3.15.